The highest BCUT2D eigenvalue weighted by atomic mass is 16.2. The molecule has 3 aromatic carbocycles. The van der Waals surface area contributed by atoms with E-state index in [1.54, 1.807) is 48.5 Å². The maximum absolute atomic E-state index is 13.1. The summed E-state index contributed by atoms with van der Waals surface area (Å²) in [6.07, 6.45) is 0. The topological polar surface area (TPSA) is 63.2 Å². The minimum Gasteiger partial charge on any atom is -0.322 e. The molecule has 0 unspecified atom stereocenters. The summed E-state index contributed by atoms with van der Waals surface area (Å²) in [7, 11) is 0. The van der Waals surface area contributed by atoms with E-state index >= 15 is 0 Å². The molecule has 1 amide bonds. The van der Waals surface area contributed by atoms with E-state index < -0.39 is 5.91 Å². The van der Waals surface area contributed by atoms with Gasteiger partial charge in [-0.05, 0) is 50.6 Å². The van der Waals surface area contributed by atoms with Crippen LogP contribution in [0.3, 0.4) is 0 Å². The van der Waals surface area contributed by atoms with Gasteiger partial charge in [-0.2, -0.15) is 0 Å². The number of Topliss-reactive ketones (excluding diaryl/α,β-unsaturated/α-hetero) is 1. The number of hydrogen-bond donors (Lipinski definition) is 1. The Kier molecular flexibility index (Phi) is 5.50. The van der Waals surface area contributed by atoms with Crippen LogP contribution in [0.1, 0.15) is 54.7 Å². The molecule has 3 aromatic rings. The highest BCUT2D eigenvalue weighted by Crippen LogP contribution is 2.20. The summed E-state index contributed by atoms with van der Waals surface area (Å²) in [6, 6.07) is 19.2. The normalized spacial score (nSPS) is 10.4. The number of anilines is 1. The molecule has 0 aliphatic rings. The second-order valence-corrected chi connectivity index (χ2v) is 6.78. The molecule has 1 N–H and O–H groups in total. The first-order chi connectivity index (χ1) is 13.4. The molecule has 0 aromatic heterocycles. The fraction of sp³-hybridized carbons (Fsp3) is 0.125. The van der Waals surface area contributed by atoms with Crippen LogP contribution in [0.2, 0.25) is 0 Å². The van der Waals surface area contributed by atoms with Crippen molar-refractivity contribution in [1.29, 1.82) is 0 Å². The Balaban J connectivity index is 1.95. The zero-order valence-corrected chi connectivity index (χ0v) is 16.1. The molecule has 0 aliphatic carbocycles. The molecule has 0 fully saturated rings. The Morgan fingerprint density at radius 3 is 2.18 bits per heavy atom. The third-order valence-corrected chi connectivity index (χ3v) is 4.58. The number of ketones is 2. The van der Waals surface area contributed by atoms with Crippen molar-refractivity contribution >= 4 is 23.2 Å². The summed E-state index contributed by atoms with van der Waals surface area (Å²) in [5.41, 5.74) is 4.08. The lowest BCUT2D eigenvalue weighted by Crippen LogP contribution is -2.17. The van der Waals surface area contributed by atoms with Gasteiger partial charge in [-0.15, -0.1) is 0 Å². The maximum Gasteiger partial charge on any atom is 0.256 e. The minimum atomic E-state index is -0.394. The number of hydrogen-bond acceptors (Lipinski definition) is 3. The molecule has 28 heavy (non-hydrogen) atoms. The van der Waals surface area contributed by atoms with E-state index in [2.05, 4.69) is 5.32 Å². The molecule has 0 saturated heterocycles. The Labute approximate surface area is 164 Å². The molecule has 3 rings (SSSR count). The number of rotatable bonds is 5. The van der Waals surface area contributed by atoms with Crippen LogP contribution < -0.4 is 5.32 Å². The summed E-state index contributed by atoms with van der Waals surface area (Å²) in [5.74, 6) is -0.666. The van der Waals surface area contributed by atoms with Gasteiger partial charge in [0.2, 0.25) is 0 Å². The lowest BCUT2D eigenvalue weighted by molar-refractivity contribution is 0.0995. The highest BCUT2D eigenvalue weighted by molar-refractivity contribution is 6.18. The van der Waals surface area contributed by atoms with Gasteiger partial charge in [-0.1, -0.05) is 48.0 Å². The molecular formula is C24H21NO3. The molecule has 140 valence electrons. The quantitative estimate of drug-likeness (QED) is 0.643. The van der Waals surface area contributed by atoms with Gasteiger partial charge in [0.25, 0.3) is 5.91 Å². The van der Waals surface area contributed by atoms with Crippen molar-refractivity contribution in [1.82, 2.24) is 0 Å². The number of benzene rings is 3. The van der Waals surface area contributed by atoms with Crippen molar-refractivity contribution in [3.8, 4) is 0 Å². The third-order valence-electron chi connectivity index (χ3n) is 4.58. The zero-order valence-electron chi connectivity index (χ0n) is 16.1. The first kappa shape index (κ1) is 19.2. The fourth-order valence-corrected chi connectivity index (χ4v) is 3.02. The molecule has 0 radical (unpaired) electrons. The van der Waals surface area contributed by atoms with Crippen molar-refractivity contribution in [3.63, 3.8) is 0 Å². The molecule has 0 heterocycles. The van der Waals surface area contributed by atoms with Gasteiger partial charge in [0, 0.05) is 22.4 Å². The molecule has 0 saturated carbocycles. The van der Waals surface area contributed by atoms with Crippen molar-refractivity contribution in [2.24, 2.45) is 0 Å². The maximum atomic E-state index is 13.1. The SMILES string of the molecule is CC(=O)c1cccc(NC(=O)c2ccccc2C(=O)c2cc(C)ccc2C)c1. The number of carbonyl (C=O) groups excluding carboxylic acids is 3. The van der Waals surface area contributed by atoms with Crippen molar-refractivity contribution in [3.05, 3.63) is 100 Å². The number of amides is 1. The lowest BCUT2D eigenvalue weighted by Gasteiger charge is -2.12. The van der Waals surface area contributed by atoms with Gasteiger partial charge in [0.1, 0.15) is 0 Å². The average Bonchev–Trinajstić information content (AvgIpc) is 2.69. The lowest BCUT2D eigenvalue weighted by atomic mass is 9.94. The van der Waals surface area contributed by atoms with E-state index in [-0.39, 0.29) is 11.6 Å². The molecule has 0 bridgehead atoms. The van der Waals surface area contributed by atoms with Gasteiger partial charge in [0.05, 0.1) is 5.56 Å². The molecule has 0 atom stereocenters. The van der Waals surface area contributed by atoms with E-state index in [1.165, 1.54) is 6.92 Å². The zero-order chi connectivity index (χ0) is 20.3. The molecule has 0 spiro atoms. The number of aryl methyl sites for hydroxylation is 2. The van der Waals surface area contributed by atoms with Gasteiger partial charge < -0.3 is 5.32 Å². The largest absolute Gasteiger partial charge is 0.322 e. The van der Waals surface area contributed by atoms with Gasteiger partial charge in [0.15, 0.2) is 11.6 Å². The first-order valence-electron chi connectivity index (χ1n) is 9.00. The Bertz CT molecular complexity index is 1080. The summed E-state index contributed by atoms with van der Waals surface area (Å²) >= 11 is 0. The van der Waals surface area contributed by atoms with Crippen LogP contribution in [0.4, 0.5) is 5.69 Å². The van der Waals surface area contributed by atoms with E-state index in [0.29, 0.717) is 27.9 Å². The predicted molar refractivity (Wildman–Crippen MR) is 110 cm³/mol. The summed E-state index contributed by atoms with van der Waals surface area (Å²) in [6.45, 7) is 5.28. The smallest absolute Gasteiger partial charge is 0.256 e. The van der Waals surface area contributed by atoms with Crippen LogP contribution in [0.15, 0.2) is 66.7 Å². The van der Waals surface area contributed by atoms with Gasteiger partial charge >= 0.3 is 0 Å². The van der Waals surface area contributed by atoms with E-state index in [9.17, 15) is 14.4 Å². The van der Waals surface area contributed by atoms with Crippen molar-refractivity contribution in [2.75, 3.05) is 5.32 Å². The Hall–Kier alpha value is -3.53. The summed E-state index contributed by atoms with van der Waals surface area (Å²) in [4.78, 5) is 37.5. The van der Waals surface area contributed by atoms with Crippen LogP contribution in [-0.2, 0) is 0 Å². The van der Waals surface area contributed by atoms with Crippen LogP contribution in [-0.4, -0.2) is 17.5 Å². The second kappa shape index (κ2) is 8.01. The van der Waals surface area contributed by atoms with Crippen LogP contribution in [0, 0.1) is 13.8 Å². The fourth-order valence-electron chi connectivity index (χ4n) is 3.02. The number of carbonyl (C=O) groups is 3. The summed E-state index contributed by atoms with van der Waals surface area (Å²) < 4.78 is 0. The van der Waals surface area contributed by atoms with Crippen molar-refractivity contribution < 1.29 is 14.4 Å². The number of nitrogens with one attached hydrogen (secondary N) is 1. The molecule has 4 heteroatoms. The van der Waals surface area contributed by atoms with Crippen molar-refractivity contribution in [2.45, 2.75) is 20.8 Å². The molecular weight excluding hydrogens is 350 g/mol. The van der Waals surface area contributed by atoms with Gasteiger partial charge in [-0.3, -0.25) is 14.4 Å². The van der Waals surface area contributed by atoms with E-state index in [4.69, 9.17) is 0 Å². The van der Waals surface area contributed by atoms with Gasteiger partial charge in [-0.25, -0.2) is 0 Å². The Morgan fingerprint density at radius 2 is 1.46 bits per heavy atom. The monoisotopic (exact) mass is 371 g/mol. The van der Waals surface area contributed by atoms with Crippen LogP contribution in [0.5, 0.6) is 0 Å². The highest BCUT2D eigenvalue weighted by Gasteiger charge is 2.19. The first-order valence-corrected chi connectivity index (χ1v) is 9.00. The van der Waals surface area contributed by atoms with E-state index in [1.807, 2.05) is 32.0 Å². The predicted octanol–water partition coefficient (Wildman–Crippen LogP) is 4.99. The molecule has 0 aliphatic heterocycles. The summed E-state index contributed by atoms with van der Waals surface area (Å²) in [5, 5.41) is 2.78. The third kappa shape index (κ3) is 4.07. The second-order valence-electron chi connectivity index (χ2n) is 6.78. The van der Waals surface area contributed by atoms with Crippen LogP contribution >= 0.6 is 0 Å². The molecule has 4 nitrogen and oxygen atoms in total. The average molecular weight is 371 g/mol. The van der Waals surface area contributed by atoms with Crippen LogP contribution in [0.25, 0.3) is 0 Å². The minimum absolute atomic E-state index is 0.0819. The Morgan fingerprint density at radius 1 is 0.750 bits per heavy atom. The standard InChI is InChI=1S/C24H21NO3/c1-15-11-12-16(2)22(13-15)23(27)20-9-4-5-10-21(20)24(28)25-19-8-6-7-18(14-19)17(3)26/h4-14H,1-3H3,(H,25,28). The van der Waals surface area contributed by atoms with E-state index in [0.717, 1.165) is 11.1 Å².